The molecule has 0 aliphatic carbocycles. The van der Waals surface area contributed by atoms with Crippen molar-refractivity contribution in [3.8, 4) is 29.5 Å². The first kappa shape index (κ1) is 29.2. The fraction of sp³-hybridized carbons (Fsp3) is 0.296. The second kappa shape index (κ2) is 13.1. The number of hydrogen-bond donors (Lipinski definition) is 3. The average molecular weight is 578 g/mol. The van der Waals surface area contributed by atoms with Gasteiger partial charge in [-0.25, -0.2) is 4.98 Å². The summed E-state index contributed by atoms with van der Waals surface area (Å²) in [6, 6.07) is 11.7. The van der Waals surface area contributed by atoms with Crippen molar-refractivity contribution in [2.75, 3.05) is 37.6 Å². The molecule has 1 aromatic carbocycles. The molecule has 0 unspecified atom stereocenters. The third kappa shape index (κ3) is 7.89. The van der Waals surface area contributed by atoms with E-state index >= 15 is 0 Å². The fourth-order valence-corrected chi connectivity index (χ4v) is 5.27. The number of carboxylic acids is 1. The molecule has 3 N–H and O–H groups in total. The zero-order chi connectivity index (χ0) is 29.4. The number of piperazine rings is 1. The molecule has 1 fully saturated rings. The number of aromatic nitrogens is 2. The van der Waals surface area contributed by atoms with Crippen LogP contribution in [0.3, 0.4) is 0 Å². The van der Waals surface area contributed by atoms with Crippen LogP contribution in [-0.4, -0.2) is 78.4 Å². The maximum Gasteiger partial charge on any atom is 0.321 e. The predicted molar refractivity (Wildman–Crippen MR) is 147 cm³/mol. The van der Waals surface area contributed by atoms with Gasteiger partial charge in [-0.15, -0.1) is 0 Å². The van der Waals surface area contributed by atoms with Gasteiger partial charge in [0.1, 0.15) is 24.0 Å². The summed E-state index contributed by atoms with van der Waals surface area (Å²) in [6.07, 6.45) is 2.99. The molecule has 4 rings (SSSR count). The first-order valence-corrected chi connectivity index (χ1v) is 14.0. The van der Waals surface area contributed by atoms with Crippen molar-refractivity contribution in [1.29, 1.82) is 5.26 Å². The number of aliphatic carboxylic acids is 1. The number of nitrogens with one attached hydrogen (secondary N) is 2. The Kier molecular flexibility index (Phi) is 9.31. The van der Waals surface area contributed by atoms with Crippen LogP contribution in [0, 0.1) is 23.2 Å². The number of hydrogen-bond acceptors (Lipinski definition) is 9. The molecule has 0 radical (unpaired) electrons. The minimum Gasteiger partial charge on any atom is -0.480 e. The van der Waals surface area contributed by atoms with Gasteiger partial charge in [0.25, 0.3) is 10.2 Å². The summed E-state index contributed by atoms with van der Waals surface area (Å²) in [6.45, 7) is 2.58. The van der Waals surface area contributed by atoms with Crippen LogP contribution in [0.15, 0.2) is 53.2 Å². The number of benzene rings is 1. The number of nitrogens with zero attached hydrogens (tertiary/aromatic N) is 5. The van der Waals surface area contributed by atoms with Crippen LogP contribution in [-0.2, 0) is 26.2 Å². The van der Waals surface area contributed by atoms with Crippen LogP contribution in [0.5, 0.6) is 0 Å². The fourth-order valence-electron chi connectivity index (χ4n) is 3.93. The van der Waals surface area contributed by atoms with Crippen LogP contribution in [0.1, 0.15) is 23.8 Å². The van der Waals surface area contributed by atoms with Gasteiger partial charge in [-0.1, -0.05) is 11.8 Å². The predicted octanol–water partition coefficient (Wildman–Crippen LogP) is 0.748. The lowest BCUT2D eigenvalue weighted by Gasteiger charge is -2.35. The molecular formula is C27H27N7O6S. The molecule has 2 aromatic heterocycles. The monoisotopic (exact) mass is 577 g/mol. The van der Waals surface area contributed by atoms with Crippen LogP contribution in [0.2, 0.25) is 0 Å². The van der Waals surface area contributed by atoms with Crippen molar-refractivity contribution in [1.82, 2.24) is 24.3 Å². The van der Waals surface area contributed by atoms with Crippen molar-refractivity contribution in [3.63, 3.8) is 0 Å². The van der Waals surface area contributed by atoms with E-state index in [4.69, 9.17) is 14.8 Å². The van der Waals surface area contributed by atoms with Crippen molar-refractivity contribution in [3.05, 3.63) is 65.7 Å². The number of rotatable bonds is 9. The molecule has 1 aliphatic heterocycles. The topological polar surface area (TPSA) is 182 Å². The van der Waals surface area contributed by atoms with Gasteiger partial charge >= 0.3 is 5.97 Å². The van der Waals surface area contributed by atoms with E-state index < -0.39 is 22.2 Å². The Morgan fingerprint density at radius 3 is 2.49 bits per heavy atom. The van der Waals surface area contributed by atoms with Crippen LogP contribution >= 0.6 is 0 Å². The average Bonchev–Trinajstić information content (AvgIpc) is 3.43. The van der Waals surface area contributed by atoms with E-state index in [1.807, 2.05) is 30.3 Å². The normalized spacial score (nSPS) is 14.4. The first-order chi connectivity index (χ1) is 19.6. The van der Waals surface area contributed by atoms with Gasteiger partial charge in [0, 0.05) is 49.2 Å². The number of carbonyl (C=O) groups excluding carboxylic acids is 1. The number of carbonyl (C=O) groups is 2. The Hall–Kier alpha value is -4.76. The lowest BCUT2D eigenvalue weighted by molar-refractivity contribution is -0.138. The van der Waals surface area contributed by atoms with E-state index in [0.717, 1.165) is 11.3 Å². The molecule has 1 saturated heterocycles. The van der Waals surface area contributed by atoms with Crippen molar-refractivity contribution < 1.29 is 27.5 Å². The second-order valence-electron chi connectivity index (χ2n) is 9.04. The van der Waals surface area contributed by atoms with Gasteiger partial charge in [-0.05, 0) is 43.3 Å². The second-order valence-corrected chi connectivity index (χ2v) is 10.7. The molecule has 0 bridgehead atoms. The Balaban J connectivity index is 1.35. The number of pyridine rings is 1. The lowest BCUT2D eigenvalue weighted by atomic mass is 10.1. The Morgan fingerprint density at radius 1 is 1.10 bits per heavy atom. The standard InChI is InChI=1S/C27H27N7O6S/c1-19(27(36)37)32-41(38,39)34-14-12-33(13-15-34)22-6-4-20(5-7-22)2-3-21-8-10-29-24(16-21)26-31-18-23(40-26)17-25(35)30-11-9-28/h4-8,10,16,18-19,32H,11-15,17H2,1H3,(H,30,35)(H,36,37)/t19-/m1/s1. The van der Waals surface area contributed by atoms with Crippen LogP contribution in [0.25, 0.3) is 11.6 Å². The molecule has 212 valence electrons. The van der Waals surface area contributed by atoms with E-state index in [2.05, 4.69) is 36.7 Å². The highest BCUT2D eigenvalue weighted by molar-refractivity contribution is 7.87. The van der Waals surface area contributed by atoms with Crippen LogP contribution < -0.4 is 14.9 Å². The number of nitriles is 1. The SMILES string of the molecule is C[C@@H](NS(=O)(=O)N1CCN(c2ccc(C#Cc3ccnc(-c4ncc(CC(=O)NCC#N)o4)c3)cc2)CC1)C(=O)O. The molecule has 13 nitrogen and oxygen atoms in total. The molecule has 0 saturated carbocycles. The Labute approximate surface area is 237 Å². The van der Waals surface area contributed by atoms with E-state index in [0.29, 0.717) is 30.1 Å². The number of carboxylic acid groups (broad SMARTS) is 1. The number of amides is 1. The summed E-state index contributed by atoms with van der Waals surface area (Å²) < 4.78 is 33.9. The smallest absolute Gasteiger partial charge is 0.321 e. The van der Waals surface area contributed by atoms with Crippen molar-refractivity contribution in [2.24, 2.45) is 0 Å². The number of oxazole rings is 1. The first-order valence-electron chi connectivity index (χ1n) is 12.6. The highest BCUT2D eigenvalue weighted by Gasteiger charge is 2.29. The molecule has 41 heavy (non-hydrogen) atoms. The summed E-state index contributed by atoms with van der Waals surface area (Å²) in [5, 5.41) is 20.0. The summed E-state index contributed by atoms with van der Waals surface area (Å²) in [7, 11) is -3.88. The molecule has 3 heterocycles. The minimum absolute atomic E-state index is 0.0395. The maximum atomic E-state index is 12.4. The molecule has 0 spiro atoms. The van der Waals surface area contributed by atoms with Crippen molar-refractivity contribution in [2.45, 2.75) is 19.4 Å². The van der Waals surface area contributed by atoms with Gasteiger partial charge in [0.15, 0.2) is 0 Å². The maximum absolute atomic E-state index is 12.4. The summed E-state index contributed by atoms with van der Waals surface area (Å²) >= 11 is 0. The van der Waals surface area contributed by atoms with E-state index in [9.17, 15) is 18.0 Å². The molecule has 1 aliphatic rings. The third-order valence-electron chi connectivity index (χ3n) is 6.09. The lowest BCUT2D eigenvalue weighted by Crippen LogP contribution is -2.54. The summed E-state index contributed by atoms with van der Waals surface area (Å²) in [5.74, 6) is 5.21. The van der Waals surface area contributed by atoms with Gasteiger partial charge in [0.05, 0.1) is 18.7 Å². The van der Waals surface area contributed by atoms with Crippen LogP contribution in [0.4, 0.5) is 5.69 Å². The molecule has 1 atom stereocenters. The Morgan fingerprint density at radius 2 is 1.80 bits per heavy atom. The summed E-state index contributed by atoms with van der Waals surface area (Å²) in [5.41, 5.74) is 2.85. The van der Waals surface area contributed by atoms with E-state index in [-0.39, 0.29) is 37.9 Å². The highest BCUT2D eigenvalue weighted by atomic mass is 32.2. The van der Waals surface area contributed by atoms with E-state index in [1.165, 1.54) is 17.4 Å². The highest BCUT2D eigenvalue weighted by Crippen LogP contribution is 2.20. The van der Waals surface area contributed by atoms with Gasteiger partial charge < -0.3 is 19.7 Å². The molecule has 14 heteroatoms. The summed E-state index contributed by atoms with van der Waals surface area (Å²) in [4.78, 5) is 33.3. The minimum atomic E-state index is -3.88. The molecule has 1 amide bonds. The zero-order valence-electron chi connectivity index (χ0n) is 22.1. The quantitative estimate of drug-likeness (QED) is 0.242. The van der Waals surface area contributed by atoms with Gasteiger partial charge in [-0.2, -0.15) is 22.7 Å². The zero-order valence-corrected chi connectivity index (χ0v) is 22.9. The van der Waals surface area contributed by atoms with Gasteiger partial charge in [0.2, 0.25) is 11.8 Å². The third-order valence-corrected chi connectivity index (χ3v) is 7.79. The van der Waals surface area contributed by atoms with Gasteiger partial charge in [-0.3, -0.25) is 14.6 Å². The van der Waals surface area contributed by atoms with E-state index in [1.54, 1.807) is 18.3 Å². The number of anilines is 1. The largest absolute Gasteiger partial charge is 0.480 e. The Bertz CT molecular complexity index is 1610. The molecule has 3 aromatic rings. The molecular weight excluding hydrogens is 550 g/mol. The van der Waals surface area contributed by atoms with Crippen molar-refractivity contribution >= 4 is 27.8 Å².